The van der Waals surface area contributed by atoms with Crippen molar-refractivity contribution >= 4 is 22.9 Å². The number of hydrogen-bond donors (Lipinski definition) is 2. The minimum atomic E-state index is 0.669. The van der Waals surface area contributed by atoms with Crippen LogP contribution in [0.25, 0.3) is 0 Å². The average molecular weight is 256 g/mol. The van der Waals surface area contributed by atoms with Crippen LogP contribution in [0.5, 0.6) is 0 Å². The van der Waals surface area contributed by atoms with Gasteiger partial charge in [-0.3, -0.25) is 0 Å². The van der Waals surface area contributed by atoms with Crippen LogP contribution < -0.4 is 16.0 Å². The van der Waals surface area contributed by atoms with Crippen LogP contribution in [-0.2, 0) is 0 Å². The lowest BCUT2D eigenvalue weighted by molar-refractivity contribution is 0.866. The maximum Gasteiger partial charge on any atom is 0.130 e. The summed E-state index contributed by atoms with van der Waals surface area (Å²) < 4.78 is 0. The number of benzene rings is 1. The molecular formula is C15H20N4. The van der Waals surface area contributed by atoms with Crippen LogP contribution in [0, 0.1) is 0 Å². The van der Waals surface area contributed by atoms with Crippen molar-refractivity contribution in [2.24, 2.45) is 0 Å². The third kappa shape index (κ3) is 3.37. The highest BCUT2D eigenvalue weighted by molar-refractivity contribution is 5.61. The van der Waals surface area contributed by atoms with E-state index in [2.05, 4.69) is 53.3 Å². The number of hydrogen-bond acceptors (Lipinski definition) is 4. The van der Waals surface area contributed by atoms with E-state index in [9.17, 15) is 0 Å². The Hall–Kier alpha value is -2.23. The van der Waals surface area contributed by atoms with Gasteiger partial charge in [-0.05, 0) is 50.2 Å². The van der Waals surface area contributed by atoms with E-state index in [0.29, 0.717) is 5.69 Å². The Kier molecular flexibility index (Phi) is 4.23. The van der Waals surface area contributed by atoms with Gasteiger partial charge in [-0.1, -0.05) is 0 Å². The smallest absolute Gasteiger partial charge is 0.130 e. The molecule has 100 valence electrons. The Morgan fingerprint density at radius 2 is 1.74 bits per heavy atom. The van der Waals surface area contributed by atoms with E-state index in [-0.39, 0.29) is 0 Å². The number of anilines is 4. The largest absolute Gasteiger partial charge is 0.397 e. The summed E-state index contributed by atoms with van der Waals surface area (Å²) in [5.41, 5.74) is 8.54. The topological polar surface area (TPSA) is 54.2 Å². The molecule has 0 aliphatic rings. The van der Waals surface area contributed by atoms with Crippen molar-refractivity contribution in [1.82, 2.24) is 4.98 Å². The molecule has 1 aromatic heterocycles. The maximum atomic E-state index is 5.61. The molecule has 1 heterocycles. The van der Waals surface area contributed by atoms with Crippen molar-refractivity contribution < 1.29 is 0 Å². The van der Waals surface area contributed by atoms with Gasteiger partial charge in [0.05, 0.1) is 11.9 Å². The van der Waals surface area contributed by atoms with Crippen molar-refractivity contribution in [3.05, 3.63) is 42.6 Å². The van der Waals surface area contributed by atoms with Crippen LogP contribution in [-0.4, -0.2) is 18.1 Å². The number of rotatable bonds is 5. The normalized spacial score (nSPS) is 10.2. The van der Waals surface area contributed by atoms with Crippen LogP contribution in [0.15, 0.2) is 42.6 Å². The molecular weight excluding hydrogens is 236 g/mol. The second-order valence-corrected chi connectivity index (χ2v) is 4.32. The van der Waals surface area contributed by atoms with Crippen molar-refractivity contribution in [3.63, 3.8) is 0 Å². The highest BCUT2D eigenvalue weighted by Gasteiger charge is 2.01. The zero-order valence-corrected chi connectivity index (χ0v) is 11.4. The monoisotopic (exact) mass is 256 g/mol. The van der Waals surface area contributed by atoms with Gasteiger partial charge in [-0.15, -0.1) is 0 Å². The van der Waals surface area contributed by atoms with Crippen LogP contribution in [0.3, 0.4) is 0 Å². The lowest BCUT2D eigenvalue weighted by Crippen LogP contribution is -2.21. The molecule has 4 nitrogen and oxygen atoms in total. The number of nitrogen functional groups attached to an aromatic ring is 1. The second kappa shape index (κ2) is 6.09. The molecule has 4 heteroatoms. The second-order valence-electron chi connectivity index (χ2n) is 4.32. The highest BCUT2D eigenvalue weighted by Crippen LogP contribution is 2.20. The van der Waals surface area contributed by atoms with Crippen molar-refractivity contribution in [2.45, 2.75) is 13.8 Å². The van der Waals surface area contributed by atoms with E-state index < -0.39 is 0 Å². The Bertz CT molecular complexity index is 501. The third-order valence-corrected chi connectivity index (χ3v) is 3.05. The van der Waals surface area contributed by atoms with Gasteiger partial charge in [0.25, 0.3) is 0 Å². The molecule has 0 amide bonds. The number of nitrogens with one attached hydrogen (secondary N) is 1. The summed E-state index contributed by atoms with van der Waals surface area (Å²) in [5, 5.41) is 3.25. The molecule has 0 spiro atoms. The van der Waals surface area contributed by atoms with E-state index in [1.54, 1.807) is 6.20 Å². The number of nitrogens with zero attached hydrogens (tertiary/aromatic N) is 2. The van der Waals surface area contributed by atoms with Crippen LogP contribution in [0.2, 0.25) is 0 Å². The SMILES string of the molecule is CCN(CC)c1ccc(Nc2ccc(N)cn2)cc1. The molecule has 2 aromatic rings. The standard InChI is InChI=1S/C15H20N4/c1-3-19(4-2)14-8-6-13(7-9-14)18-15-10-5-12(16)11-17-15/h5-11H,3-4,16H2,1-2H3,(H,17,18). The predicted molar refractivity (Wildman–Crippen MR) is 81.9 cm³/mol. The zero-order valence-electron chi connectivity index (χ0n) is 11.4. The van der Waals surface area contributed by atoms with Gasteiger partial charge in [-0.2, -0.15) is 0 Å². The molecule has 0 unspecified atom stereocenters. The lowest BCUT2D eigenvalue weighted by atomic mass is 10.2. The fraction of sp³-hybridized carbons (Fsp3) is 0.267. The van der Waals surface area contributed by atoms with E-state index in [0.717, 1.165) is 24.6 Å². The molecule has 0 saturated heterocycles. The first-order valence-corrected chi connectivity index (χ1v) is 6.56. The fourth-order valence-corrected chi connectivity index (χ4v) is 1.97. The molecule has 2 rings (SSSR count). The van der Waals surface area contributed by atoms with Gasteiger partial charge in [0, 0.05) is 24.5 Å². The lowest BCUT2D eigenvalue weighted by Gasteiger charge is -2.21. The predicted octanol–water partition coefficient (Wildman–Crippen LogP) is 3.25. The first-order valence-electron chi connectivity index (χ1n) is 6.56. The van der Waals surface area contributed by atoms with Gasteiger partial charge in [0.2, 0.25) is 0 Å². The Labute approximate surface area is 114 Å². The summed E-state index contributed by atoms with van der Waals surface area (Å²) in [6.45, 7) is 6.35. The molecule has 0 saturated carbocycles. The van der Waals surface area contributed by atoms with E-state index in [1.165, 1.54) is 5.69 Å². The maximum absolute atomic E-state index is 5.61. The first kappa shape index (κ1) is 13.2. The number of nitrogens with two attached hydrogens (primary N) is 1. The van der Waals surface area contributed by atoms with E-state index >= 15 is 0 Å². The van der Waals surface area contributed by atoms with Gasteiger partial charge < -0.3 is 16.0 Å². The Morgan fingerprint density at radius 3 is 2.26 bits per heavy atom. The number of aromatic nitrogens is 1. The fourth-order valence-electron chi connectivity index (χ4n) is 1.97. The van der Waals surface area contributed by atoms with Crippen LogP contribution in [0.1, 0.15) is 13.8 Å². The van der Waals surface area contributed by atoms with Crippen molar-refractivity contribution in [3.8, 4) is 0 Å². The molecule has 0 radical (unpaired) electrons. The van der Waals surface area contributed by atoms with Gasteiger partial charge in [0.1, 0.15) is 5.82 Å². The van der Waals surface area contributed by atoms with Crippen LogP contribution >= 0.6 is 0 Å². The molecule has 3 N–H and O–H groups in total. The first-order chi connectivity index (χ1) is 9.22. The summed E-state index contributed by atoms with van der Waals surface area (Å²) in [4.78, 5) is 6.53. The molecule has 0 aliphatic carbocycles. The number of pyridine rings is 1. The molecule has 19 heavy (non-hydrogen) atoms. The Morgan fingerprint density at radius 1 is 1.05 bits per heavy atom. The van der Waals surface area contributed by atoms with Crippen molar-refractivity contribution in [1.29, 1.82) is 0 Å². The molecule has 0 bridgehead atoms. The van der Waals surface area contributed by atoms with Gasteiger partial charge in [0.15, 0.2) is 0 Å². The summed E-state index contributed by atoms with van der Waals surface area (Å²) >= 11 is 0. The molecule has 1 aromatic carbocycles. The van der Waals surface area contributed by atoms with Gasteiger partial charge in [-0.25, -0.2) is 4.98 Å². The molecule has 0 fully saturated rings. The summed E-state index contributed by atoms with van der Waals surface area (Å²) in [6, 6.07) is 12.1. The molecule has 0 aliphatic heterocycles. The van der Waals surface area contributed by atoms with Crippen LogP contribution in [0.4, 0.5) is 22.9 Å². The zero-order chi connectivity index (χ0) is 13.7. The minimum Gasteiger partial charge on any atom is -0.397 e. The van der Waals surface area contributed by atoms with Crippen molar-refractivity contribution in [2.75, 3.05) is 29.0 Å². The van der Waals surface area contributed by atoms with E-state index in [4.69, 9.17) is 5.73 Å². The summed E-state index contributed by atoms with van der Waals surface area (Å²) in [5.74, 6) is 0.796. The Balaban J connectivity index is 2.08. The van der Waals surface area contributed by atoms with E-state index in [1.807, 2.05) is 12.1 Å². The quantitative estimate of drug-likeness (QED) is 0.862. The van der Waals surface area contributed by atoms with Gasteiger partial charge >= 0.3 is 0 Å². The highest BCUT2D eigenvalue weighted by atomic mass is 15.1. The summed E-state index contributed by atoms with van der Waals surface area (Å²) in [6.07, 6.45) is 1.65. The minimum absolute atomic E-state index is 0.669. The third-order valence-electron chi connectivity index (χ3n) is 3.05. The summed E-state index contributed by atoms with van der Waals surface area (Å²) in [7, 11) is 0. The average Bonchev–Trinajstić information content (AvgIpc) is 2.44. The molecule has 0 atom stereocenters.